The van der Waals surface area contributed by atoms with Gasteiger partial charge in [-0.1, -0.05) is 12.1 Å². The largest absolute Gasteiger partial charge is 0.390 e. The fraction of sp³-hybridized carbons (Fsp3) is 0.455. The number of nitro benzene ring substituents is 1. The van der Waals surface area contributed by atoms with E-state index in [0.29, 0.717) is 18.7 Å². The molecular weight excluding hydrogens is 224 g/mol. The first-order valence-electron chi connectivity index (χ1n) is 5.44. The maximum absolute atomic E-state index is 10.9. The molecule has 0 radical (unpaired) electrons. The molecule has 6 heteroatoms. The SMILES string of the molecule is O=[N+]([O-])c1ccccc1N1CC[C@@H](O)[C@@H](O)C1. The Morgan fingerprint density at radius 2 is 2.00 bits per heavy atom. The van der Waals surface area contributed by atoms with Crippen LogP contribution >= 0.6 is 0 Å². The molecule has 17 heavy (non-hydrogen) atoms. The topological polar surface area (TPSA) is 86.8 Å². The number of aliphatic hydroxyl groups is 2. The van der Waals surface area contributed by atoms with Crippen molar-refractivity contribution in [1.29, 1.82) is 0 Å². The van der Waals surface area contributed by atoms with Crippen molar-refractivity contribution in [2.75, 3.05) is 18.0 Å². The van der Waals surface area contributed by atoms with Crippen LogP contribution < -0.4 is 4.90 Å². The van der Waals surface area contributed by atoms with Gasteiger partial charge in [-0.05, 0) is 12.5 Å². The number of aliphatic hydroxyl groups excluding tert-OH is 2. The molecule has 2 atom stereocenters. The first kappa shape index (κ1) is 11.8. The number of anilines is 1. The van der Waals surface area contributed by atoms with Crippen molar-refractivity contribution in [3.63, 3.8) is 0 Å². The van der Waals surface area contributed by atoms with Crippen LogP contribution in [0.4, 0.5) is 11.4 Å². The number of benzene rings is 1. The van der Waals surface area contributed by atoms with Crippen LogP contribution in [0.5, 0.6) is 0 Å². The van der Waals surface area contributed by atoms with E-state index in [1.54, 1.807) is 23.1 Å². The molecule has 0 aliphatic carbocycles. The Labute approximate surface area is 98.3 Å². The van der Waals surface area contributed by atoms with Crippen LogP contribution in [0.2, 0.25) is 0 Å². The summed E-state index contributed by atoms with van der Waals surface area (Å²) in [5.41, 5.74) is 0.513. The lowest BCUT2D eigenvalue weighted by Crippen LogP contribution is -2.46. The molecule has 0 unspecified atom stereocenters. The minimum atomic E-state index is -0.858. The molecule has 2 rings (SSSR count). The number of para-hydroxylation sites is 2. The molecule has 0 bridgehead atoms. The van der Waals surface area contributed by atoms with E-state index < -0.39 is 17.1 Å². The van der Waals surface area contributed by atoms with Crippen molar-refractivity contribution >= 4 is 11.4 Å². The molecule has 2 N–H and O–H groups in total. The summed E-state index contributed by atoms with van der Waals surface area (Å²) in [6, 6.07) is 6.42. The number of hydrogen-bond acceptors (Lipinski definition) is 5. The molecule has 0 saturated carbocycles. The van der Waals surface area contributed by atoms with Gasteiger partial charge in [-0.25, -0.2) is 0 Å². The molecular formula is C11H14N2O4. The first-order valence-corrected chi connectivity index (χ1v) is 5.44. The number of piperidine rings is 1. The van der Waals surface area contributed by atoms with Gasteiger partial charge in [0.05, 0.1) is 17.1 Å². The molecule has 1 aromatic carbocycles. The van der Waals surface area contributed by atoms with Crippen molar-refractivity contribution in [3.05, 3.63) is 34.4 Å². The van der Waals surface area contributed by atoms with Gasteiger partial charge in [0.15, 0.2) is 0 Å². The van der Waals surface area contributed by atoms with Gasteiger partial charge in [0.2, 0.25) is 0 Å². The predicted molar refractivity (Wildman–Crippen MR) is 61.9 cm³/mol. The summed E-state index contributed by atoms with van der Waals surface area (Å²) in [7, 11) is 0. The molecule has 1 aromatic rings. The molecule has 1 saturated heterocycles. The van der Waals surface area contributed by atoms with Crippen molar-refractivity contribution in [2.45, 2.75) is 18.6 Å². The molecule has 0 amide bonds. The highest BCUT2D eigenvalue weighted by atomic mass is 16.6. The highest BCUT2D eigenvalue weighted by molar-refractivity contribution is 5.63. The number of nitro groups is 1. The summed E-state index contributed by atoms with van der Waals surface area (Å²) in [5, 5.41) is 29.9. The van der Waals surface area contributed by atoms with Gasteiger partial charge >= 0.3 is 0 Å². The highest BCUT2D eigenvalue weighted by Gasteiger charge is 2.29. The molecule has 1 fully saturated rings. The first-order chi connectivity index (χ1) is 8.09. The summed E-state index contributed by atoms with van der Waals surface area (Å²) < 4.78 is 0. The lowest BCUT2D eigenvalue weighted by atomic mass is 10.0. The van der Waals surface area contributed by atoms with Crippen LogP contribution in [0.15, 0.2) is 24.3 Å². The molecule has 1 heterocycles. The molecule has 0 spiro atoms. The quantitative estimate of drug-likeness (QED) is 0.579. The van der Waals surface area contributed by atoms with Gasteiger partial charge < -0.3 is 15.1 Å². The Bertz CT molecular complexity index is 424. The lowest BCUT2D eigenvalue weighted by Gasteiger charge is -2.34. The lowest BCUT2D eigenvalue weighted by molar-refractivity contribution is -0.384. The second-order valence-electron chi connectivity index (χ2n) is 4.12. The third-order valence-electron chi connectivity index (χ3n) is 2.97. The Morgan fingerprint density at radius 1 is 1.29 bits per heavy atom. The third-order valence-corrected chi connectivity index (χ3v) is 2.97. The summed E-state index contributed by atoms with van der Waals surface area (Å²) >= 11 is 0. The van der Waals surface area contributed by atoms with E-state index in [1.807, 2.05) is 0 Å². The average Bonchev–Trinajstić information content (AvgIpc) is 2.32. The molecule has 92 valence electrons. The van der Waals surface area contributed by atoms with E-state index in [1.165, 1.54) is 6.07 Å². The van der Waals surface area contributed by atoms with Crippen LogP contribution in [0.25, 0.3) is 0 Å². The van der Waals surface area contributed by atoms with Gasteiger partial charge in [0.25, 0.3) is 5.69 Å². The standard InChI is InChI=1S/C11H14N2O4/c14-10-5-6-12(7-11(10)15)8-3-1-2-4-9(8)13(16)17/h1-4,10-11,14-15H,5-7H2/t10-,11+/m1/s1. The number of nitrogens with zero attached hydrogens (tertiary/aromatic N) is 2. The highest BCUT2D eigenvalue weighted by Crippen LogP contribution is 2.29. The van der Waals surface area contributed by atoms with Crippen molar-refractivity contribution in [3.8, 4) is 0 Å². The Kier molecular flexibility index (Phi) is 3.26. The molecule has 1 aliphatic heterocycles. The van der Waals surface area contributed by atoms with Gasteiger partial charge in [-0.3, -0.25) is 10.1 Å². The van der Waals surface area contributed by atoms with Gasteiger partial charge in [-0.15, -0.1) is 0 Å². The maximum atomic E-state index is 10.9. The summed E-state index contributed by atoms with van der Waals surface area (Å²) in [4.78, 5) is 12.2. The van der Waals surface area contributed by atoms with Gasteiger partial charge in [0, 0.05) is 19.2 Å². The average molecular weight is 238 g/mol. The predicted octanol–water partition coefficient (Wildman–Crippen LogP) is 0.527. The Morgan fingerprint density at radius 3 is 2.65 bits per heavy atom. The van der Waals surface area contributed by atoms with Crippen molar-refractivity contribution in [2.24, 2.45) is 0 Å². The van der Waals surface area contributed by atoms with Crippen molar-refractivity contribution in [1.82, 2.24) is 0 Å². The fourth-order valence-corrected chi connectivity index (χ4v) is 2.02. The minimum Gasteiger partial charge on any atom is -0.390 e. The van der Waals surface area contributed by atoms with Crippen LogP contribution in [0, 0.1) is 10.1 Å². The third kappa shape index (κ3) is 2.37. The Hall–Kier alpha value is -1.66. The van der Waals surface area contributed by atoms with Crippen LogP contribution in [0.3, 0.4) is 0 Å². The minimum absolute atomic E-state index is 0.0242. The number of hydrogen-bond donors (Lipinski definition) is 2. The van der Waals surface area contributed by atoms with E-state index in [4.69, 9.17) is 0 Å². The van der Waals surface area contributed by atoms with Gasteiger partial charge in [-0.2, -0.15) is 0 Å². The fourth-order valence-electron chi connectivity index (χ4n) is 2.02. The maximum Gasteiger partial charge on any atom is 0.292 e. The van der Waals surface area contributed by atoms with Crippen LogP contribution in [0.1, 0.15) is 6.42 Å². The zero-order chi connectivity index (χ0) is 12.4. The van der Waals surface area contributed by atoms with E-state index in [-0.39, 0.29) is 12.2 Å². The molecule has 1 aliphatic rings. The second kappa shape index (κ2) is 4.68. The molecule has 6 nitrogen and oxygen atoms in total. The van der Waals surface area contributed by atoms with E-state index in [0.717, 1.165) is 0 Å². The monoisotopic (exact) mass is 238 g/mol. The normalized spacial score (nSPS) is 24.7. The molecule has 0 aromatic heterocycles. The van der Waals surface area contributed by atoms with E-state index >= 15 is 0 Å². The number of rotatable bonds is 2. The van der Waals surface area contributed by atoms with Crippen molar-refractivity contribution < 1.29 is 15.1 Å². The Balaban J connectivity index is 2.25. The zero-order valence-corrected chi connectivity index (χ0v) is 9.19. The smallest absolute Gasteiger partial charge is 0.292 e. The summed E-state index contributed by atoms with van der Waals surface area (Å²) in [6.07, 6.45) is -1.19. The van der Waals surface area contributed by atoms with E-state index in [2.05, 4.69) is 0 Å². The van der Waals surface area contributed by atoms with Gasteiger partial charge in [0.1, 0.15) is 5.69 Å². The second-order valence-corrected chi connectivity index (χ2v) is 4.12. The summed E-state index contributed by atoms with van der Waals surface area (Å²) in [6.45, 7) is 0.717. The van der Waals surface area contributed by atoms with Crippen LogP contribution in [-0.4, -0.2) is 40.4 Å². The zero-order valence-electron chi connectivity index (χ0n) is 9.19. The van der Waals surface area contributed by atoms with E-state index in [9.17, 15) is 20.3 Å². The van der Waals surface area contributed by atoms with Crippen LogP contribution in [-0.2, 0) is 0 Å². The number of β-amino-alcohol motifs (C(OH)–C–C–N with tert-alkyl or cyclic N) is 1. The summed E-state index contributed by atoms with van der Waals surface area (Å²) in [5.74, 6) is 0.